The van der Waals surface area contributed by atoms with Gasteiger partial charge in [-0.05, 0) is 39.0 Å². The van der Waals surface area contributed by atoms with Crippen LogP contribution in [0.25, 0.3) is 11.3 Å². The number of nitrogens with zero attached hydrogens (tertiary/aromatic N) is 2. The lowest BCUT2D eigenvalue weighted by Crippen LogP contribution is -2.28. The minimum absolute atomic E-state index is 0.192. The zero-order valence-electron chi connectivity index (χ0n) is 14.3. The number of hydrogen-bond donors (Lipinski definition) is 1. The van der Waals surface area contributed by atoms with Crippen molar-refractivity contribution in [1.29, 1.82) is 0 Å². The molecule has 0 aliphatic rings. The number of aryl methyl sites for hydroxylation is 1. The molecular weight excluding hydrogens is 306 g/mol. The summed E-state index contributed by atoms with van der Waals surface area (Å²) in [6, 6.07) is 9.38. The van der Waals surface area contributed by atoms with Gasteiger partial charge in [0.2, 0.25) is 0 Å². The lowest BCUT2D eigenvalue weighted by molar-refractivity contribution is -0.127. The highest BCUT2D eigenvalue weighted by atomic mass is 16.5. The molecule has 0 bridgehead atoms. The van der Waals surface area contributed by atoms with E-state index < -0.39 is 6.10 Å². The van der Waals surface area contributed by atoms with Crippen molar-refractivity contribution in [3.63, 3.8) is 0 Å². The van der Waals surface area contributed by atoms with Crippen LogP contribution in [0.1, 0.15) is 19.7 Å². The highest BCUT2D eigenvalue weighted by Gasteiger charge is 2.13. The number of amides is 1. The van der Waals surface area contributed by atoms with E-state index in [1.807, 2.05) is 44.2 Å². The van der Waals surface area contributed by atoms with Crippen LogP contribution in [0.4, 0.5) is 5.69 Å². The molecule has 24 heavy (non-hydrogen) atoms. The molecule has 6 heteroatoms. The monoisotopic (exact) mass is 329 g/mol. The first-order chi connectivity index (χ1) is 11.6. The fraction of sp³-hybridized carbons (Fsp3) is 0.389. The number of hydrogen-bond acceptors (Lipinski definition) is 5. The van der Waals surface area contributed by atoms with E-state index in [9.17, 15) is 4.79 Å². The normalized spacial score (nSPS) is 12.0. The summed E-state index contributed by atoms with van der Waals surface area (Å²) in [7, 11) is 0. The summed E-state index contributed by atoms with van der Waals surface area (Å²) in [4.78, 5) is 20.7. The van der Waals surface area contributed by atoms with Crippen LogP contribution in [0.15, 0.2) is 36.5 Å². The van der Waals surface area contributed by atoms with Crippen molar-refractivity contribution < 1.29 is 14.3 Å². The first-order valence-electron chi connectivity index (χ1n) is 8.00. The lowest BCUT2D eigenvalue weighted by Gasteiger charge is -2.14. The summed E-state index contributed by atoms with van der Waals surface area (Å²) in [5.74, 6) is 0.515. The van der Waals surface area contributed by atoms with Gasteiger partial charge in [0.15, 0.2) is 0 Å². The minimum Gasteiger partial charge on any atom is -0.379 e. The lowest BCUT2D eigenvalue weighted by atomic mass is 10.1. The Kier molecular flexibility index (Phi) is 6.84. The molecule has 1 atom stereocenters. The van der Waals surface area contributed by atoms with Crippen molar-refractivity contribution in [2.45, 2.75) is 26.9 Å². The molecule has 1 aromatic heterocycles. The van der Waals surface area contributed by atoms with E-state index in [0.29, 0.717) is 31.3 Å². The fourth-order valence-electron chi connectivity index (χ4n) is 2.12. The molecule has 1 N–H and O–H groups in total. The van der Waals surface area contributed by atoms with E-state index in [1.165, 1.54) is 0 Å². The third-order valence-electron chi connectivity index (χ3n) is 3.37. The quantitative estimate of drug-likeness (QED) is 0.754. The van der Waals surface area contributed by atoms with Crippen molar-refractivity contribution in [3.05, 3.63) is 42.4 Å². The van der Waals surface area contributed by atoms with Crippen LogP contribution in [0.3, 0.4) is 0 Å². The van der Waals surface area contributed by atoms with Crippen LogP contribution in [-0.4, -0.2) is 41.8 Å². The van der Waals surface area contributed by atoms with E-state index in [1.54, 1.807) is 13.1 Å². The summed E-state index contributed by atoms with van der Waals surface area (Å²) < 4.78 is 10.6. The van der Waals surface area contributed by atoms with Gasteiger partial charge in [0, 0.05) is 24.1 Å². The van der Waals surface area contributed by atoms with Gasteiger partial charge >= 0.3 is 0 Å². The fourth-order valence-corrected chi connectivity index (χ4v) is 2.12. The van der Waals surface area contributed by atoms with E-state index in [2.05, 4.69) is 15.3 Å². The van der Waals surface area contributed by atoms with Crippen molar-refractivity contribution in [2.24, 2.45) is 0 Å². The van der Waals surface area contributed by atoms with Crippen molar-refractivity contribution in [1.82, 2.24) is 9.97 Å². The first kappa shape index (κ1) is 18.0. The van der Waals surface area contributed by atoms with Crippen molar-refractivity contribution in [2.75, 3.05) is 25.1 Å². The molecule has 2 aromatic rings. The molecule has 0 saturated heterocycles. The number of rotatable bonds is 8. The highest BCUT2D eigenvalue weighted by Crippen LogP contribution is 2.20. The molecule has 1 aromatic carbocycles. The predicted molar refractivity (Wildman–Crippen MR) is 92.7 cm³/mol. The van der Waals surface area contributed by atoms with Gasteiger partial charge in [0.25, 0.3) is 5.91 Å². The second-order valence-electron chi connectivity index (χ2n) is 5.27. The molecule has 0 spiro atoms. The van der Waals surface area contributed by atoms with Gasteiger partial charge in [-0.3, -0.25) is 4.79 Å². The molecule has 1 heterocycles. The SMILES string of the molecule is CCOCCO[C@H](C)C(=O)Nc1cccc(-c2ccnc(C)n2)c1. The van der Waals surface area contributed by atoms with Gasteiger partial charge in [-0.1, -0.05) is 12.1 Å². The largest absolute Gasteiger partial charge is 0.379 e. The van der Waals surface area contributed by atoms with Gasteiger partial charge in [0.05, 0.1) is 18.9 Å². The summed E-state index contributed by atoms with van der Waals surface area (Å²) in [6.45, 7) is 7.00. The molecule has 0 aliphatic carbocycles. The van der Waals surface area contributed by atoms with Gasteiger partial charge in [-0.15, -0.1) is 0 Å². The Morgan fingerprint density at radius 1 is 1.29 bits per heavy atom. The number of anilines is 1. The zero-order valence-corrected chi connectivity index (χ0v) is 14.3. The first-order valence-corrected chi connectivity index (χ1v) is 8.00. The third kappa shape index (κ3) is 5.40. The molecular formula is C18H23N3O3. The van der Waals surface area contributed by atoms with Gasteiger partial charge in [-0.2, -0.15) is 0 Å². The highest BCUT2D eigenvalue weighted by molar-refractivity contribution is 5.94. The summed E-state index contributed by atoms with van der Waals surface area (Å²) in [6.07, 6.45) is 1.17. The Labute approximate surface area is 142 Å². The van der Waals surface area contributed by atoms with E-state index in [4.69, 9.17) is 9.47 Å². The van der Waals surface area contributed by atoms with E-state index in [-0.39, 0.29) is 5.91 Å². The molecule has 6 nitrogen and oxygen atoms in total. The summed E-state index contributed by atoms with van der Waals surface area (Å²) in [5.41, 5.74) is 2.44. The number of aromatic nitrogens is 2. The smallest absolute Gasteiger partial charge is 0.253 e. The number of carbonyl (C=O) groups excluding carboxylic acids is 1. The van der Waals surface area contributed by atoms with Crippen LogP contribution >= 0.6 is 0 Å². The molecule has 2 rings (SSSR count). The zero-order chi connectivity index (χ0) is 17.4. The summed E-state index contributed by atoms with van der Waals surface area (Å²) in [5, 5.41) is 2.86. The average molecular weight is 329 g/mol. The van der Waals surface area contributed by atoms with Gasteiger partial charge in [-0.25, -0.2) is 9.97 Å². The standard InChI is InChI=1S/C18H23N3O3/c1-4-23-10-11-24-13(2)18(22)21-16-7-5-6-15(12-16)17-8-9-19-14(3)20-17/h5-9,12-13H,4,10-11H2,1-3H3,(H,21,22)/t13-/m1/s1. The summed E-state index contributed by atoms with van der Waals surface area (Å²) >= 11 is 0. The van der Waals surface area contributed by atoms with E-state index >= 15 is 0 Å². The van der Waals surface area contributed by atoms with Crippen LogP contribution in [0.5, 0.6) is 0 Å². The molecule has 0 fully saturated rings. The maximum atomic E-state index is 12.2. The molecule has 0 aliphatic heterocycles. The second-order valence-corrected chi connectivity index (χ2v) is 5.27. The van der Waals surface area contributed by atoms with Gasteiger partial charge < -0.3 is 14.8 Å². The Morgan fingerprint density at radius 3 is 2.88 bits per heavy atom. The Hall–Kier alpha value is -2.31. The van der Waals surface area contributed by atoms with Gasteiger partial charge in [0.1, 0.15) is 11.9 Å². The third-order valence-corrected chi connectivity index (χ3v) is 3.37. The minimum atomic E-state index is -0.546. The van der Waals surface area contributed by atoms with Crippen molar-refractivity contribution in [3.8, 4) is 11.3 Å². The molecule has 0 radical (unpaired) electrons. The predicted octanol–water partition coefficient (Wildman–Crippen LogP) is 2.83. The Balaban J connectivity index is 1.97. The maximum absolute atomic E-state index is 12.2. The number of carbonyl (C=O) groups is 1. The number of ether oxygens (including phenoxy) is 2. The second kappa shape index (κ2) is 9.10. The average Bonchev–Trinajstić information content (AvgIpc) is 2.59. The molecule has 0 saturated carbocycles. The Morgan fingerprint density at radius 2 is 2.12 bits per heavy atom. The van der Waals surface area contributed by atoms with Crippen LogP contribution in [0.2, 0.25) is 0 Å². The van der Waals surface area contributed by atoms with Crippen LogP contribution < -0.4 is 5.32 Å². The number of nitrogens with one attached hydrogen (secondary N) is 1. The maximum Gasteiger partial charge on any atom is 0.253 e. The van der Waals surface area contributed by atoms with Crippen LogP contribution in [0, 0.1) is 6.92 Å². The van der Waals surface area contributed by atoms with E-state index in [0.717, 1.165) is 11.3 Å². The number of benzene rings is 1. The molecule has 1 amide bonds. The molecule has 128 valence electrons. The van der Waals surface area contributed by atoms with Crippen LogP contribution in [-0.2, 0) is 14.3 Å². The molecule has 0 unspecified atom stereocenters. The Bertz CT molecular complexity index is 676. The topological polar surface area (TPSA) is 73.3 Å². The van der Waals surface area contributed by atoms with Crippen molar-refractivity contribution >= 4 is 11.6 Å².